The number of aromatic nitrogens is 3. The van der Waals surface area contributed by atoms with E-state index < -0.39 is 5.97 Å². The Morgan fingerprint density at radius 2 is 1.62 bits per heavy atom. The molecule has 0 unspecified atom stereocenters. The molecule has 0 radical (unpaired) electrons. The quantitative estimate of drug-likeness (QED) is 0.289. The van der Waals surface area contributed by atoms with Gasteiger partial charge in [0.25, 0.3) is 5.91 Å². The number of hydrogen-bond donors (Lipinski definition) is 1. The lowest BCUT2D eigenvalue weighted by Crippen LogP contribution is -2.18. The smallest absolute Gasteiger partial charge is 0.343 e. The number of nitrogens with zero attached hydrogens (tertiary/aromatic N) is 3. The van der Waals surface area contributed by atoms with E-state index in [0.717, 1.165) is 33.2 Å². The second-order valence-corrected chi connectivity index (χ2v) is 8.71. The van der Waals surface area contributed by atoms with E-state index in [0.29, 0.717) is 11.4 Å². The molecule has 3 aromatic carbocycles. The van der Waals surface area contributed by atoms with Crippen LogP contribution >= 0.6 is 0 Å². The van der Waals surface area contributed by atoms with E-state index in [1.165, 1.54) is 10.9 Å². The van der Waals surface area contributed by atoms with Crippen molar-refractivity contribution in [1.82, 2.24) is 14.8 Å². The molecule has 0 spiro atoms. The molecule has 0 aliphatic heterocycles. The van der Waals surface area contributed by atoms with Crippen LogP contribution in [0.3, 0.4) is 0 Å². The fourth-order valence-corrected chi connectivity index (χ4v) is 4.28. The van der Waals surface area contributed by atoms with Crippen LogP contribution in [0.2, 0.25) is 0 Å². The van der Waals surface area contributed by atoms with Gasteiger partial charge in [-0.3, -0.25) is 4.79 Å². The van der Waals surface area contributed by atoms with Gasteiger partial charge in [0, 0.05) is 10.9 Å². The first-order valence-corrected chi connectivity index (χ1v) is 12.1. The summed E-state index contributed by atoms with van der Waals surface area (Å²) in [7, 11) is 0. The molecule has 2 aromatic heterocycles. The lowest BCUT2D eigenvalue weighted by atomic mass is 10.0. The summed E-state index contributed by atoms with van der Waals surface area (Å²) in [5, 5.41) is 8.31. The van der Waals surface area contributed by atoms with Crippen LogP contribution in [0.15, 0.2) is 85.1 Å². The molecule has 2 heterocycles. The van der Waals surface area contributed by atoms with Crippen LogP contribution in [-0.2, 0) is 4.74 Å². The van der Waals surface area contributed by atoms with Crippen LogP contribution < -0.4 is 5.32 Å². The van der Waals surface area contributed by atoms with Gasteiger partial charge < -0.3 is 10.1 Å². The molecule has 0 bridgehead atoms. The topological polar surface area (TPSA) is 86.1 Å². The summed E-state index contributed by atoms with van der Waals surface area (Å²) < 4.78 is 6.69. The number of rotatable bonds is 6. The Labute approximate surface area is 214 Å². The zero-order valence-electron chi connectivity index (χ0n) is 20.9. The molecule has 184 valence electrons. The predicted octanol–water partition coefficient (Wildman–Crippen LogP) is 6.13. The van der Waals surface area contributed by atoms with Gasteiger partial charge in [0.2, 0.25) is 0 Å². The van der Waals surface area contributed by atoms with E-state index in [4.69, 9.17) is 9.72 Å². The molecule has 7 heteroatoms. The number of carbonyl (C=O) groups is 2. The zero-order valence-corrected chi connectivity index (χ0v) is 20.9. The second kappa shape index (κ2) is 10.1. The molecule has 0 fully saturated rings. The number of amides is 1. The van der Waals surface area contributed by atoms with Gasteiger partial charge in [-0.1, -0.05) is 60.7 Å². The summed E-state index contributed by atoms with van der Waals surface area (Å²) in [4.78, 5) is 30.8. The van der Waals surface area contributed by atoms with Crippen LogP contribution in [0, 0.1) is 13.8 Å². The highest BCUT2D eigenvalue weighted by molar-refractivity contribution is 6.07. The van der Waals surface area contributed by atoms with Gasteiger partial charge in [-0.15, -0.1) is 0 Å². The Kier molecular flexibility index (Phi) is 6.51. The summed E-state index contributed by atoms with van der Waals surface area (Å²) in [6, 6.07) is 25.1. The number of carbonyl (C=O) groups excluding carboxylic acids is 2. The molecule has 37 heavy (non-hydrogen) atoms. The lowest BCUT2D eigenvalue weighted by molar-refractivity contribution is 0.0527. The molecule has 0 saturated heterocycles. The van der Waals surface area contributed by atoms with Crippen molar-refractivity contribution in [3.8, 4) is 16.9 Å². The van der Waals surface area contributed by atoms with Crippen molar-refractivity contribution in [2.24, 2.45) is 0 Å². The van der Waals surface area contributed by atoms with Crippen molar-refractivity contribution in [2.45, 2.75) is 20.8 Å². The average molecular weight is 491 g/mol. The van der Waals surface area contributed by atoms with Crippen molar-refractivity contribution >= 4 is 28.6 Å². The number of esters is 1. The fourth-order valence-electron chi connectivity index (χ4n) is 4.28. The third kappa shape index (κ3) is 4.71. The number of hydrogen-bond acceptors (Lipinski definition) is 5. The maximum Gasteiger partial charge on any atom is 0.343 e. The van der Waals surface area contributed by atoms with Crippen LogP contribution in [0.5, 0.6) is 0 Å². The Balaban J connectivity index is 1.53. The molecular weight excluding hydrogens is 464 g/mol. The SMILES string of the molecule is CCOC(=O)c1cnn(-c2cc(C)c3cccc(C)c3n2)c1NC(=O)c1ccc(-c2ccccc2)cc1. The van der Waals surface area contributed by atoms with Gasteiger partial charge in [0.1, 0.15) is 5.56 Å². The van der Waals surface area contributed by atoms with Gasteiger partial charge in [0.15, 0.2) is 11.6 Å². The number of anilines is 1. The van der Waals surface area contributed by atoms with Gasteiger partial charge >= 0.3 is 5.97 Å². The minimum Gasteiger partial charge on any atom is -0.462 e. The fraction of sp³-hybridized carbons (Fsp3) is 0.133. The summed E-state index contributed by atoms with van der Waals surface area (Å²) in [6.45, 7) is 5.92. The average Bonchev–Trinajstić information content (AvgIpc) is 3.33. The first-order chi connectivity index (χ1) is 18.0. The summed E-state index contributed by atoms with van der Waals surface area (Å²) in [5.41, 5.74) is 5.52. The number of benzene rings is 3. The Morgan fingerprint density at radius 1 is 0.892 bits per heavy atom. The van der Waals surface area contributed by atoms with Gasteiger partial charge in [0.05, 0.1) is 18.3 Å². The standard InChI is InChI=1S/C30H26N4O3/c1-4-37-30(36)25-18-31-34(26-17-20(3)24-12-8-9-19(2)27(24)32-26)28(25)33-29(35)23-15-13-22(14-16-23)21-10-6-5-7-11-21/h5-18H,4H2,1-3H3,(H,33,35). The van der Waals surface area contributed by atoms with Crippen molar-refractivity contribution in [3.63, 3.8) is 0 Å². The second-order valence-electron chi connectivity index (χ2n) is 8.71. The summed E-state index contributed by atoms with van der Waals surface area (Å²) in [6.07, 6.45) is 1.39. The van der Waals surface area contributed by atoms with Gasteiger partial charge in [-0.05, 0) is 61.2 Å². The minimum atomic E-state index is -0.572. The number of fused-ring (bicyclic) bond motifs is 1. The molecule has 5 rings (SSSR count). The maximum absolute atomic E-state index is 13.3. The first kappa shape index (κ1) is 23.9. The highest BCUT2D eigenvalue weighted by Gasteiger charge is 2.23. The van der Waals surface area contributed by atoms with Crippen LogP contribution in [0.1, 0.15) is 38.8 Å². The van der Waals surface area contributed by atoms with Gasteiger partial charge in [-0.2, -0.15) is 9.78 Å². The Bertz CT molecular complexity index is 1610. The molecule has 0 aliphatic rings. The van der Waals surface area contributed by atoms with Gasteiger partial charge in [-0.25, -0.2) is 9.78 Å². The number of ether oxygens (including phenoxy) is 1. The van der Waals surface area contributed by atoms with E-state index in [-0.39, 0.29) is 23.9 Å². The largest absolute Gasteiger partial charge is 0.462 e. The summed E-state index contributed by atoms with van der Waals surface area (Å²) in [5.74, 6) is -0.252. The van der Waals surface area contributed by atoms with Crippen LogP contribution in [-0.4, -0.2) is 33.2 Å². The molecule has 5 aromatic rings. The predicted molar refractivity (Wildman–Crippen MR) is 144 cm³/mol. The first-order valence-electron chi connectivity index (χ1n) is 12.1. The molecule has 1 N–H and O–H groups in total. The van der Waals surface area contributed by atoms with E-state index in [1.54, 1.807) is 19.1 Å². The molecule has 0 saturated carbocycles. The Morgan fingerprint density at radius 3 is 2.35 bits per heavy atom. The van der Waals surface area contributed by atoms with E-state index in [9.17, 15) is 9.59 Å². The highest BCUT2D eigenvalue weighted by Crippen LogP contribution is 2.27. The highest BCUT2D eigenvalue weighted by atomic mass is 16.5. The number of aryl methyl sites for hydroxylation is 2. The lowest BCUT2D eigenvalue weighted by Gasteiger charge is -2.13. The number of nitrogens with one attached hydrogen (secondary N) is 1. The van der Waals surface area contributed by atoms with E-state index in [2.05, 4.69) is 10.4 Å². The van der Waals surface area contributed by atoms with Crippen molar-refractivity contribution in [3.05, 3.63) is 107 Å². The molecule has 0 aliphatic carbocycles. The Hall–Kier alpha value is -4.78. The van der Waals surface area contributed by atoms with E-state index >= 15 is 0 Å². The zero-order chi connectivity index (χ0) is 25.9. The normalized spacial score (nSPS) is 10.9. The monoisotopic (exact) mass is 490 g/mol. The number of para-hydroxylation sites is 1. The van der Waals surface area contributed by atoms with Crippen molar-refractivity contribution < 1.29 is 14.3 Å². The third-order valence-corrected chi connectivity index (χ3v) is 6.20. The third-order valence-electron chi connectivity index (χ3n) is 6.20. The summed E-state index contributed by atoms with van der Waals surface area (Å²) >= 11 is 0. The van der Waals surface area contributed by atoms with Crippen molar-refractivity contribution in [1.29, 1.82) is 0 Å². The molecule has 1 amide bonds. The molecule has 7 nitrogen and oxygen atoms in total. The van der Waals surface area contributed by atoms with Crippen LogP contribution in [0.25, 0.3) is 27.8 Å². The minimum absolute atomic E-state index is 0.153. The maximum atomic E-state index is 13.3. The van der Waals surface area contributed by atoms with Crippen LogP contribution in [0.4, 0.5) is 5.82 Å². The van der Waals surface area contributed by atoms with Crippen molar-refractivity contribution in [2.75, 3.05) is 11.9 Å². The number of pyridine rings is 1. The molecular formula is C30H26N4O3. The molecule has 0 atom stereocenters. The van der Waals surface area contributed by atoms with E-state index in [1.807, 2.05) is 80.6 Å².